The molecule has 2 rings (SSSR count). The molecule has 1 aromatic rings. The Labute approximate surface area is 148 Å². The molecule has 0 aromatic heterocycles. The van der Waals surface area contributed by atoms with Crippen LogP contribution in [-0.4, -0.2) is 82.0 Å². The van der Waals surface area contributed by atoms with Gasteiger partial charge in [-0.15, -0.1) is 0 Å². The number of aliphatic hydroxyl groups is 2. The Bertz CT molecular complexity index is 452. The van der Waals surface area contributed by atoms with Crippen molar-refractivity contribution in [1.29, 1.82) is 0 Å². The number of nitrogens with one attached hydrogen (secondary N) is 2. The van der Waals surface area contributed by atoms with Crippen molar-refractivity contribution < 1.29 is 29.5 Å². The number of halogens is 1. The number of ether oxygens (including phenoxy) is 2. The van der Waals surface area contributed by atoms with E-state index in [0.717, 1.165) is 38.5 Å². The molecule has 136 valence electrons. The summed E-state index contributed by atoms with van der Waals surface area (Å²) < 4.78 is 11.0. The molecule has 6 nitrogen and oxygen atoms in total. The zero-order valence-electron chi connectivity index (χ0n) is 14.0. The molecule has 1 saturated heterocycles. The standard InChI is InChI=1S/C17H27ClN2O4/c18-15-1-3-17(4-2-15)24-12-11-23-14-16(22)13-20-7-5-19(6-8-20)9-10-21/h1-4,16,21-22H,5-14H2/p+2/t16-/m0/s1. The predicted molar refractivity (Wildman–Crippen MR) is 92.0 cm³/mol. The number of aliphatic hydroxyl groups excluding tert-OH is 2. The molecule has 1 atom stereocenters. The maximum atomic E-state index is 10.1. The first-order valence-corrected chi connectivity index (χ1v) is 8.97. The van der Waals surface area contributed by atoms with Crippen molar-refractivity contribution in [2.24, 2.45) is 0 Å². The van der Waals surface area contributed by atoms with Gasteiger partial charge < -0.3 is 29.5 Å². The second-order valence-electron chi connectivity index (χ2n) is 6.21. The number of benzene rings is 1. The van der Waals surface area contributed by atoms with Gasteiger partial charge in [0.2, 0.25) is 0 Å². The molecule has 1 aliphatic rings. The summed E-state index contributed by atoms with van der Waals surface area (Å²) in [7, 11) is 0. The lowest BCUT2D eigenvalue weighted by molar-refractivity contribution is -1.01. The minimum Gasteiger partial charge on any atom is -0.491 e. The monoisotopic (exact) mass is 360 g/mol. The SMILES string of the molecule is OCC[NH+]1CC[NH+](C[C@H](O)COCCOc2ccc(Cl)cc2)CC1. The number of piperazine rings is 1. The van der Waals surface area contributed by atoms with E-state index in [1.54, 1.807) is 12.1 Å². The number of quaternary nitrogens is 2. The van der Waals surface area contributed by atoms with Crippen LogP contribution in [0.15, 0.2) is 24.3 Å². The summed E-state index contributed by atoms with van der Waals surface area (Å²) >= 11 is 5.81. The second-order valence-corrected chi connectivity index (χ2v) is 6.65. The van der Waals surface area contributed by atoms with E-state index in [9.17, 15) is 5.11 Å². The first kappa shape index (κ1) is 19.4. The topological polar surface area (TPSA) is 67.8 Å². The van der Waals surface area contributed by atoms with Crippen LogP contribution < -0.4 is 14.5 Å². The van der Waals surface area contributed by atoms with Crippen LogP contribution in [0.25, 0.3) is 0 Å². The fraction of sp³-hybridized carbons (Fsp3) is 0.647. The van der Waals surface area contributed by atoms with Crippen LogP contribution in [0.4, 0.5) is 0 Å². The zero-order valence-corrected chi connectivity index (χ0v) is 14.8. The van der Waals surface area contributed by atoms with E-state index < -0.39 is 6.10 Å². The molecule has 0 radical (unpaired) electrons. The molecular weight excluding hydrogens is 332 g/mol. The number of hydrogen-bond acceptors (Lipinski definition) is 4. The summed E-state index contributed by atoms with van der Waals surface area (Å²) in [5.74, 6) is 0.760. The third-order valence-electron chi connectivity index (χ3n) is 4.27. The third-order valence-corrected chi connectivity index (χ3v) is 4.53. The maximum absolute atomic E-state index is 10.1. The van der Waals surface area contributed by atoms with Gasteiger partial charge in [-0.05, 0) is 24.3 Å². The minimum absolute atomic E-state index is 0.249. The zero-order chi connectivity index (χ0) is 17.2. The van der Waals surface area contributed by atoms with Crippen molar-refractivity contribution >= 4 is 11.6 Å². The largest absolute Gasteiger partial charge is 0.491 e. The molecule has 0 saturated carbocycles. The van der Waals surface area contributed by atoms with Crippen LogP contribution in [-0.2, 0) is 4.74 Å². The van der Waals surface area contributed by atoms with Crippen molar-refractivity contribution in [3.8, 4) is 5.75 Å². The van der Waals surface area contributed by atoms with Gasteiger partial charge in [0.25, 0.3) is 0 Å². The van der Waals surface area contributed by atoms with Crippen LogP contribution in [0.2, 0.25) is 5.02 Å². The van der Waals surface area contributed by atoms with Crippen molar-refractivity contribution in [1.82, 2.24) is 0 Å². The lowest BCUT2D eigenvalue weighted by Gasteiger charge is -2.30. The molecule has 24 heavy (non-hydrogen) atoms. The maximum Gasteiger partial charge on any atom is 0.127 e. The molecule has 1 aliphatic heterocycles. The number of hydrogen-bond donors (Lipinski definition) is 4. The highest BCUT2D eigenvalue weighted by Crippen LogP contribution is 2.15. The molecule has 0 aliphatic carbocycles. The Balaban J connectivity index is 1.51. The summed E-state index contributed by atoms with van der Waals surface area (Å²) in [6, 6.07) is 7.20. The normalized spacial score (nSPS) is 22.3. The van der Waals surface area contributed by atoms with Gasteiger partial charge in [-0.2, -0.15) is 0 Å². The quantitative estimate of drug-likeness (QED) is 0.360. The summed E-state index contributed by atoms with van der Waals surface area (Å²) in [6.07, 6.45) is -0.449. The van der Waals surface area contributed by atoms with E-state index in [0.29, 0.717) is 31.4 Å². The van der Waals surface area contributed by atoms with E-state index in [2.05, 4.69) is 0 Å². The van der Waals surface area contributed by atoms with E-state index in [1.807, 2.05) is 12.1 Å². The third kappa shape index (κ3) is 7.34. The van der Waals surface area contributed by atoms with Gasteiger partial charge in [-0.25, -0.2) is 0 Å². The van der Waals surface area contributed by atoms with Crippen LogP contribution in [0, 0.1) is 0 Å². The molecular formula is C17H29ClN2O4+2. The average molecular weight is 361 g/mol. The predicted octanol–water partition coefficient (Wildman–Crippen LogP) is -2.13. The molecule has 1 heterocycles. The molecule has 4 N–H and O–H groups in total. The van der Waals surface area contributed by atoms with Gasteiger partial charge >= 0.3 is 0 Å². The molecule has 0 bridgehead atoms. The summed E-state index contributed by atoms with van der Waals surface area (Å²) in [5.41, 5.74) is 0. The fourth-order valence-corrected chi connectivity index (χ4v) is 3.06. The summed E-state index contributed by atoms with van der Waals surface area (Å²) in [4.78, 5) is 2.86. The highest BCUT2D eigenvalue weighted by molar-refractivity contribution is 6.30. The molecule has 0 amide bonds. The van der Waals surface area contributed by atoms with E-state index in [1.165, 1.54) is 9.80 Å². The molecule has 1 aromatic carbocycles. The van der Waals surface area contributed by atoms with Gasteiger partial charge in [-0.1, -0.05) is 11.6 Å². The van der Waals surface area contributed by atoms with Crippen molar-refractivity contribution in [3.63, 3.8) is 0 Å². The average Bonchev–Trinajstić information content (AvgIpc) is 2.58. The minimum atomic E-state index is -0.449. The Hall–Kier alpha value is -0.890. The molecule has 0 spiro atoms. The highest BCUT2D eigenvalue weighted by Gasteiger charge is 2.24. The van der Waals surface area contributed by atoms with E-state index >= 15 is 0 Å². The van der Waals surface area contributed by atoms with Gasteiger partial charge in [-0.3, -0.25) is 0 Å². The van der Waals surface area contributed by atoms with Crippen molar-refractivity contribution in [3.05, 3.63) is 29.3 Å². The van der Waals surface area contributed by atoms with Crippen LogP contribution in [0.5, 0.6) is 5.75 Å². The van der Waals surface area contributed by atoms with Crippen LogP contribution >= 0.6 is 11.6 Å². The highest BCUT2D eigenvalue weighted by atomic mass is 35.5. The van der Waals surface area contributed by atoms with Gasteiger partial charge in [0, 0.05) is 5.02 Å². The fourth-order valence-electron chi connectivity index (χ4n) is 2.93. The van der Waals surface area contributed by atoms with E-state index in [-0.39, 0.29) is 6.61 Å². The molecule has 7 heteroatoms. The van der Waals surface area contributed by atoms with Crippen molar-refractivity contribution in [2.45, 2.75) is 6.10 Å². The van der Waals surface area contributed by atoms with Gasteiger partial charge in [0.15, 0.2) is 0 Å². The summed E-state index contributed by atoms with van der Waals surface area (Å²) in [6.45, 7) is 7.19. The molecule has 1 fully saturated rings. The Morgan fingerprint density at radius 1 is 1.04 bits per heavy atom. The van der Waals surface area contributed by atoms with E-state index in [4.69, 9.17) is 26.2 Å². The van der Waals surface area contributed by atoms with Crippen LogP contribution in [0.3, 0.4) is 0 Å². The first-order valence-electron chi connectivity index (χ1n) is 8.59. The van der Waals surface area contributed by atoms with Gasteiger partial charge in [0.1, 0.15) is 57.7 Å². The Morgan fingerprint density at radius 3 is 2.38 bits per heavy atom. The Kier molecular flexibility index (Phi) is 8.80. The summed E-state index contributed by atoms with van der Waals surface area (Å²) in [5, 5.41) is 19.7. The lowest BCUT2D eigenvalue weighted by atomic mass is 10.2. The Morgan fingerprint density at radius 2 is 1.71 bits per heavy atom. The second kappa shape index (κ2) is 10.9. The van der Waals surface area contributed by atoms with Crippen molar-refractivity contribution in [2.75, 3.05) is 65.7 Å². The van der Waals surface area contributed by atoms with Gasteiger partial charge in [0.05, 0.1) is 19.8 Å². The smallest absolute Gasteiger partial charge is 0.127 e. The van der Waals surface area contributed by atoms with Crippen LogP contribution in [0.1, 0.15) is 0 Å². The lowest BCUT2D eigenvalue weighted by Crippen LogP contribution is -3.28. The molecule has 0 unspecified atom stereocenters. The number of rotatable bonds is 10. The first-order chi connectivity index (χ1) is 11.7.